The summed E-state index contributed by atoms with van der Waals surface area (Å²) in [5.41, 5.74) is 2.16. The lowest BCUT2D eigenvalue weighted by Gasteiger charge is -2.18. The third-order valence-corrected chi connectivity index (χ3v) is 3.58. The van der Waals surface area contributed by atoms with Crippen LogP contribution in [0.5, 0.6) is 0 Å². The molecule has 0 amide bonds. The molecular formula is C17H18N2O. The van der Waals surface area contributed by atoms with Crippen LogP contribution >= 0.6 is 0 Å². The van der Waals surface area contributed by atoms with E-state index in [1.807, 2.05) is 42.7 Å². The minimum absolute atomic E-state index is 0.158. The highest BCUT2D eigenvalue weighted by molar-refractivity contribution is 5.77. The van der Waals surface area contributed by atoms with Crippen LogP contribution in [0.4, 0.5) is 0 Å². The molecule has 2 aromatic heterocycles. The van der Waals surface area contributed by atoms with Crippen molar-refractivity contribution in [2.45, 2.75) is 25.9 Å². The van der Waals surface area contributed by atoms with Crippen LogP contribution in [0.3, 0.4) is 0 Å². The summed E-state index contributed by atoms with van der Waals surface area (Å²) in [5.74, 6) is 0.965. The van der Waals surface area contributed by atoms with Gasteiger partial charge in [-0.2, -0.15) is 0 Å². The fraction of sp³-hybridized carbons (Fsp3) is 0.235. The van der Waals surface area contributed by atoms with Gasteiger partial charge in [0.05, 0.1) is 6.04 Å². The molecule has 0 saturated carbocycles. The quantitative estimate of drug-likeness (QED) is 0.767. The number of hydrogen-bond donors (Lipinski definition) is 1. The summed E-state index contributed by atoms with van der Waals surface area (Å²) in [5, 5.41) is 4.70. The van der Waals surface area contributed by atoms with Crippen molar-refractivity contribution in [1.82, 2.24) is 10.3 Å². The number of fused-ring (bicyclic) bond motifs is 1. The van der Waals surface area contributed by atoms with Crippen LogP contribution in [0, 0.1) is 0 Å². The molecule has 3 rings (SSSR count). The Morgan fingerprint density at radius 2 is 1.75 bits per heavy atom. The van der Waals surface area contributed by atoms with Gasteiger partial charge in [-0.05, 0) is 43.7 Å². The van der Waals surface area contributed by atoms with E-state index < -0.39 is 0 Å². The zero-order chi connectivity index (χ0) is 13.9. The average Bonchev–Trinajstić information content (AvgIpc) is 2.92. The summed E-state index contributed by atoms with van der Waals surface area (Å²) >= 11 is 0. The van der Waals surface area contributed by atoms with Crippen molar-refractivity contribution >= 4 is 11.0 Å². The molecule has 3 nitrogen and oxygen atoms in total. The van der Waals surface area contributed by atoms with E-state index in [1.165, 1.54) is 5.56 Å². The number of pyridine rings is 1. The molecule has 1 aromatic carbocycles. The van der Waals surface area contributed by atoms with Crippen LogP contribution in [0.1, 0.15) is 37.3 Å². The fourth-order valence-corrected chi connectivity index (χ4v) is 2.42. The Hall–Kier alpha value is -2.13. The predicted molar refractivity (Wildman–Crippen MR) is 80.4 cm³/mol. The van der Waals surface area contributed by atoms with Gasteiger partial charge in [-0.15, -0.1) is 0 Å². The normalized spacial score (nSPS) is 14.3. The van der Waals surface area contributed by atoms with Gasteiger partial charge < -0.3 is 9.73 Å². The van der Waals surface area contributed by atoms with Crippen molar-refractivity contribution < 1.29 is 4.42 Å². The van der Waals surface area contributed by atoms with Gasteiger partial charge in [-0.3, -0.25) is 4.98 Å². The highest BCUT2D eigenvalue weighted by atomic mass is 16.3. The van der Waals surface area contributed by atoms with Crippen LogP contribution < -0.4 is 5.32 Å². The standard InChI is InChI=1S/C17H18N2O/c1-12(14-7-9-18-10-8-14)19-13(2)17-11-15-5-3-4-6-16(15)20-17/h3-13,19H,1-2H3. The van der Waals surface area contributed by atoms with E-state index >= 15 is 0 Å². The maximum Gasteiger partial charge on any atom is 0.134 e. The van der Waals surface area contributed by atoms with Crippen LogP contribution in [-0.4, -0.2) is 4.98 Å². The molecule has 1 N–H and O–H groups in total. The molecule has 102 valence electrons. The molecule has 0 spiro atoms. The summed E-state index contributed by atoms with van der Waals surface area (Å²) in [7, 11) is 0. The lowest BCUT2D eigenvalue weighted by atomic mass is 10.1. The summed E-state index contributed by atoms with van der Waals surface area (Å²) in [6.07, 6.45) is 3.64. The first-order valence-electron chi connectivity index (χ1n) is 6.88. The second kappa shape index (κ2) is 5.47. The van der Waals surface area contributed by atoms with E-state index in [9.17, 15) is 0 Å². The van der Waals surface area contributed by atoms with Crippen LogP contribution in [-0.2, 0) is 0 Å². The average molecular weight is 266 g/mol. The smallest absolute Gasteiger partial charge is 0.134 e. The van der Waals surface area contributed by atoms with Crippen molar-refractivity contribution in [2.75, 3.05) is 0 Å². The molecule has 3 heteroatoms. The Morgan fingerprint density at radius 1 is 1.00 bits per heavy atom. The van der Waals surface area contributed by atoms with Gasteiger partial charge in [0.25, 0.3) is 0 Å². The van der Waals surface area contributed by atoms with Crippen molar-refractivity contribution in [1.29, 1.82) is 0 Å². The SMILES string of the molecule is CC(NC(C)c1cc2ccccc2o1)c1ccncc1. The Labute approximate surface area is 118 Å². The van der Waals surface area contributed by atoms with Gasteiger partial charge in [-0.1, -0.05) is 18.2 Å². The Balaban J connectivity index is 1.77. The topological polar surface area (TPSA) is 38.1 Å². The molecule has 0 aliphatic carbocycles. The zero-order valence-electron chi connectivity index (χ0n) is 11.7. The van der Waals surface area contributed by atoms with Gasteiger partial charge in [-0.25, -0.2) is 0 Å². The Bertz CT molecular complexity index is 657. The monoisotopic (exact) mass is 266 g/mol. The zero-order valence-corrected chi connectivity index (χ0v) is 11.7. The van der Waals surface area contributed by atoms with Gasteiger partial charge in [0.2, 0.25) is 0 Å². The molecule has 0 aliphatic heterocycles. The minimum Gasteiger partial charge on any atom is -0.459 e. The number of benzene rings is 1. The molecule has 0 aliphatic rings. The molecule has 20 heavy (non-hydrogen) atoms. The summed E-state index contributed by atoms with van der Waals surface area (Å²) in [6.45, 7) is 4.27. The van der Waals surface area contributed by atoms with E-state index in [4.69, 9.17) is 4.42 Å². The first-order valence-corrected chi connectivity index (χ1v) is 6.88. The molecule has 0 bridgehead atoms. The first kappa shape index (κ1) is 12.9. The molecule has 3 aromatic rings. The number of hydrogen-bond acceptors (Lipinski definition) is 3. The van der Waals surface area contributed by atoms with E-state index in [2.05, 4.69) is 36.3 Å². The fourth-order valence-electron chi connectivity index (χ4n) is 2.42. The van der Waals surface area contributed by atoms with E-state index in [0.717, 1.165) is 16.7 Å². The molecular weight excluding hydrogens is 248 g/mol. The highest BCUT2D eigenvalue weighted by Crippen LogP contribution is 2.25. The van der Waals surface area contributed by atoms with E-state index in [1.54, 1.807) is 0 Å². The molecule has 0 fully saturated rings. The molecule has 2 atom stereocenters. The lowest BCUT2D eigenvalue weighted by Crippen LogP contribution is -2.22. The first-order chi connectivity index (χ1) is 9.74. The van der Waals surface area contributed by atoms with Gasteiger partial charge >= 0.3 is 0 Å². The maximum atomic E-state index is 5.89. The number of nitrogens with zero attached hydrogens (tertiary/aromatic N) is 1. The van der Waals surface area contributed by atoms with E-state index in [0.29, 0.717) is 0 Å². The van der Waals surface area contributed by atoms with Gasteiger partial charge in [0.15, 0.2) is 0 Å². The van der Waals surface area contributed by atoms with Gasteiger partial charge in [0.1, 0.15) is 11.3 Å². The lowest BCUT2D eigenvalue weighted by molar-refractivity contribution is 0.417. The molecule has 2 unspecified atom stereocenters. The third kappa shape index (κ3) is 2.58. The Morgan fingerprint density at radius 3 is 2.50 bits per heavy atom. The highest BCUT2D eigenvalue weighted by Gasteiger charge is 2.14. The second-order valence-electron chi connectivity index (χ2n) is 5.08. The van der Waals surface area contributed by atoms with Crippen molar-refractivity contribution in [3.63, 3.8) is 0 Å². The summed E-state index contributed by atoms with van der Waals surface area (Å²) in [4.78, 5) is 4.05. The van der Waals surface area contributed by atoms with Crippen LogP contribution in [0.2, 0.25) is 0 Å². The number of aromatic nitrogens is 1. The molecule has 2 heterocycles. The number of rotatable bonds is 4. The van der Waals surface area contributed by atoms with E-state index in [-0.39, 0.29) is 12.1 Å². The minimum atomic E-state index is 0.158. The van der Waals surface area contributed by atoms with Crippen LogP contribution in [0.15, 0.2) is 59.3 Å². The third-order valence-electron chi connectivity index (χ3n) is 3.58. The number of nitrogens with one attached hydrogen (secondary N) is 1. The van der Waals surface area contributed by atoms with Crippen molar-refractivity contribution in [3.05, 3.63) is 66.2 Å². The summed E-state index contributed by atoms with van der Waals surface area (Å²) < 4.78 is 5.89. The molecule has 0 saturated heterocycles. The van der Waals surface area contributed by atoms with Crippen LogP contribution in [0.25, 0.3) is 11.0 Å². The van der Waals surface area contributed by atoms with Crippen molar-refractivity contribution in [3.8, 4) is 0 Å². The van der Waals surface area contributed by atoms with Gasteiger partial charge in [0, 0.05) is 23.8 Å². The van der Waals surface area contributed by atoms with Crippen molar-refractivity contribution in [2.24, 2.45) is 0 Å². The maximum absolute atomic E-state index is 5.89. The second-order valence-corrected chi connectivity index (χ2v) is 5.08. The number of furan rings is 1. The number of para-hydroxylation sites is 1. The Kier molecular flexibility index (Phi) is 3.52. The largest absolute Gasteiger partial charge is 0.459 e. The summed E-state index contributed by atoms with van der Waals surface area (Å²) in [6, 6.07) is 14.7. The molecule has 0 radical (unpaired) electrons. The predicted octanol–water partition coefficient (Wildman–Crippen LogP) is 4.24.